The standard InChI is InChI=1S/C18H28N4O2/c1-20-16(6-9-19-20)17(23)22-12-8-18(14-22)7-4-5-15(24-18)13-21-10-2-3-11-21/h6,9,15H,2-5,7-8,10-14H2,1H3/t15-,18-/m1/s1. The summed E-state index contributed by atoms with van der Waals surface area (Å²) in [6, 6.07) is 1.80. The number of amides is 1. The number of aryl methyl sites for hydroxylation is 1. The summed E-state index contributed by atoms with van der Waals surface area (Å²) < 4.78 is 8.22. The molecule has 0 N–H and O–H groups in total. The topological polar surface area (TPSA) is 50.6 Å². The van der Waals surface area contributed by atoms with Crippen LogP contribution in [0.2, 0.25) is 0 Å². The van der Waals surface area contributed by atoms with Gasteiger partial charge in [0.1, 0.15) is 5.69 Å². The van der Waals surface area contributed by atoms with Crippen molar-refractivity contribution in [1.82, 2.24) is 19.6 Å². The molecule has 6 heteroatoms. The van der Waals surface area contributed by atoms with E-state index in [1.807, 2.05) is 11.9 Å². The summed E-state index contributed by atoms with van der Waals surface area (Å²) in [7, 11) is 1.82. The van der Waals surface area contributed by atoms with Crippen molar-refractivity contribution in [1.29, 1.82) is 0 Å². The first-order valence-electron chi connectivity index (χ1n) is 9.33. The van der Waals surface area contributed by atoms with Crippen LogP contribution in [0.5, 0.6) is 0 Å². The molecule has 0 saturated carbocycles. The van der Waals surface area contributed by atoms with Gasteiger partial charge < -0.3 is 14.5 Å². The van der Waals surface area contributed by atoms with Gasteiger partial charge in [-0.25, -0.2) is 0 Å². The maximum atomic E-state index is 12.7. The quantitative estimate of drug-likeness (QED) is 0.845. The van der Waals surface area contributed by atoms with Gasteiger partial charge in [-0.1, -0.05) is 0 Å². The fraction of sp³-hybridized carbons (Fsp3) is 0.778. The third-order valence-corrected chi connectivity index (χ3v) is 5.88. The van der Waals surface area contributed by atoms with Gasteiger partial charge in [-0.05, 0) is 57.7 Å². The molecule has 0 unspecified atom stereocenters. The predicted octanol–water partition coefficient (Wildman–Crippen LogP) is 1.67. The first kappa shape index (κ1) is 16.1. The van der Waals surface area contributed by atoms with Crippen molar-refractivity contribution in [2.75, 3.05) is 32.7 Å². The van der Waals surface area contributed by atoms with E-state index in [1.165, 1.54) is 32.4 Å². The van der Waals surface area contributed by atoms with E-state index in [4.69, 9.17) is 4.74 Å². The molecule has 2 atom stereocenters. The summed E-state index contributed by atoms with van der Waals surface area (Å²) in [5, 5.41) is 4.11. The lowest BCUT2D eigenvalue weighted by Gasteiger charge is -2.40. The van der Waals surface area contributed by atoms with Crippen molar-refractivity contribution in [3.05, 3.63) is 18.0 Å². The second-order valence-electron chi connectivity index (χ2n) is 7.64. The fourth-order valence-electron chi connectivity index (χ4n) is 4.57. The van der Waals surface area contributed by atoms with Gasteiger partial charge in [-0.3, -0.25) is 9.48 Å². The first-order valence-corrected chi connectivity index (χ1v) is 9.33. The van der Waals surface area contributed by atoms with E-state index in [0.29, 0.717) is 11.8 Å². The van der Waals surface area contributed by atoms with Crippen LogP contribution in [0.25, 0.3) is 0 Å². The van der Waals surface area contributed by atoms with Gasteiger partial charge in [-0.2, -0.15) is 5.10 Å². The van der Waals surface area contributed by atoms with E-state index >= 15 is 0 Å². The molecule has 0 bridgehead atoms. The van der Waals surface area contributed by atoms with Crippen LogP contribution >= 0.6 is 0 Å². The zero-order valence-corrected chi connectivity index (χ0v) is 14.6. The van der Waals surface area contributed by atoms with E-state index in [2.05, 4.69) is 10.00 Å². The monoisotopic (exact) mass is 332 g/mol. The normalized spacial score (nSPS) is 31.2. The number of likely N-dealkylation sites (tertiary alicyclic amines) is 2. The summed E-state index contributed by atoms with van der Waals surface area (Å²) in [6.07, 6.45) is 9.09. The molecule has 1 aromatic rings. The Kier molecular flexibility index (Phi) is 4.35. The molecule has 6 nitrogen and oxygen atoms in total. The van der Waals surface area contributed by atoms with Gasteiger partial charge in [-0.15, -0.1) is 0 Å². The Morgan fingerprint density at radius 1 is 1.29 bits per heavy atom. The molecule has 0 radical (unpaired) electrons. The maximum Gasteiger partial charge on any atom is 0.272 e. The molecule has 0 aromatic carbocycles. The van der Waals surface area contributed by atoms with E-state index in [-0.39, 0.29) is 11.5 Å². The molecule has 3 aliphatic heterocycles. The van der Waals surface area contributed by atoms with Crippen LogP contribution < -0.4 is 0 Å². The number of ether oxygens (including phenoxy) is 1. The van der Waals surface area contributed by atoms with E-state index < -0.39 is 0 Å². The van der Waals surface area contributed by atoms with Crippen LogP contribution in [0.1, 0.15) is 49.0 Å². The Morgan fingerprint density at radius 3 is 2.88 bits per heavy atom. The highest BCUT2D eigenvalue weighted by molar-refractivity contribution is 5.92. The maximum absolute atomic E-state index is 12.7. The molecule has 132 valence electrons. The summed E-state index contributed by atoms with van der Waals surface area (Å²) in [5.41, 5.74) is 0.549. The Balaban J connectivity index is 1.39. The second-order valence-corrected chi connectivity index (χ2v) is 7.64. The number of rotatable bonds is 3. The highest BCUT2D eigenvalue weighted by Gasteiger charge is 2.45. The van der Waals surface area contributed by atoms with Gasteiger partial charge in [0.2, 0.25) is 0 Å². The van der Waals surface area contributed by atoms with Crippen LogP contribution in [0.4, 0.5) is 0 Å². The van der Waals surface area contributed by atoms with Gasteiger partial charge in [0, 0.05) is 26.3 Å². The third kappa shape index (κ3) is 3.09. The number of carbonyl (C=O) groups excluding carboxylic acids is 1. The Labute approximate surface area is 143 Å². The van der Waals surface area contributed by atoms with Crippen molar-refractivity contribution >= 4 is 5.91 Å². The van der Waals surface area contributed by atoms with Gasteiger partial charge in [0.25, 0.3) is 5.91 Å². The number of aromatic nitrogens is 2. The number of hydrogen-bond acceptors (Lipinski definition) is 4. The van der Waals surface area contributed by atoms with Crippen molar-refractivity contribution in [3.8, 4) is 0 Å². The lowest BCUT2D eigenvalue weighted by molar-refractivity contribution is -0.126. The molecule has 4 heterocycles. The van der Waals surface area contributed by atoms with E-state index in [9.17, 15) is 4.79 Å². The van der Waals surface area contributed by atoms with Crippen LogP contribution in [0.15, 0.2) is 12.3 Å². The Bertz CT molecular complexity index is 596. The number of nitrogens with zero attached hydrogens (tertiary/aromatic N) is 4. The Hall–Kier alpha value is -1.40. The highest BCUT2D eigenvalue weighted by Crippen LogP contribution is 2.37. The molecular formula is C18H28N4O2. The lowest BCUT2D eigenvalue weighted by Crippen LogP contribution is -2.47. The molecule has 3 aliphatic rings. The fourth-order valence-corrected chi connectivity index (χ4v) is 4.57. The number of hydrogen-bond donors (Lipinski definition) is 0. The molecule has 3 saturated heterocycles. The SMILES string of the molecule is Cn1nccc1C(=O)N1CC[C@]2(CCC[C@H](CN3CCCC3)O2)C1. The number of carbonyl (C=O) groups is 1. The highest BCUT2D eigenvalue weighted by atomic mass is 16.5. The van der Waals surface area contributed by atoms with Gasteiger partial charge >= 0.3 is 0 Å². The molecule has 1 aromatic heterocycles. The molecule has 1 amide bonds. The minimum Gasteiger partial charge on any atom is -0.369 e. The van der Waals surface area contributed by atoms with Gasteiger partial charge in [0.15, 0.2) is 0 Å². The van der Waals surface area contributed by atoms with Gasteiger partial charge in [0.05, 0.1) is 18.2 Å². The minimum absolute atomic E-state index is 0.0807. The molecular weight excluding hydrogens is 304 g/mol. The lowest BCUT2D eigenvalue weighted by atomic mass is 9.90. The summed E-state index contributed by atoms with van der Waals surface area (Å²) in [6.45, 7) is 5.03. The second kappa shape index (κ2) is 6.48. The summed E-state index contributed by atoms with van der Waals surface area (Å²) in [4.78, 5) is 17.2. The van der Waals surface area contributed by atoms with Crippen molar-refractivity contribution < 1.29 is 9.53 Å². The summed E-state index contributed by atoms with van der Waals surface area (Å²) >= 11 is 0. The first-order chi connectivity index (χ1) is 11.7. The smallest absolute Gasteiger partial charge is 0.272 e. The van der Waals surface area contributed by atoms with Crippen molar-refractivity contribution in [3.63, 3.8) is 0 Å². The van der Waals surface area contributed by atoms with Crippen LogP contribution in [-0.4, -0.2) is 69.9 Å². The average molecular weight is 332 g/mol. The molecule has 1 spiro atoms. The van der Waals surface area contributed by atoms with Crippen molar-refractivity contribution in [2.45, 2.75) is 50.2 Å². The minimum atomic E-state index is -0.114. The Morgan fingerprint density at radius 2 is 2.12 bits per heavy atom. The van der Waals surface area contributed by atoms with Crippen LogP contribution in [0.3, 0.4) is 0 Å². The summed E-state index contributed by atoms with van der Waals surface area (Å²) in [5.74, 6) is 0.0807. The third-order valence-electron chi connectivity index (χ3n) is 5.88. The molecule has 4 rings (SSSR count). The van der Waals surface area contributed by atoms with Crippen LogP contribution in [0, 0.1) is 0 Å². The van der Waals surface area contributed by atoms with E-state index in [1.54, 1.807) is 16.9 Å². The van der Waals surface area contributed by atoms with Crippen molar-refractivity contribution in [2.24, 2.45) is 7.05 Å². The zero-order chi connectivity index (χ0) is 16.6. The predicted molar refractivity (Wildman–Crippen MR) is 90.9 cm³/mol. The van der Waals surface area contributed by atoms with Crippen LogP contribution in [-0.2, 0) is 11.8 Å². The molecule has 3 fully saturated rings. The molecule has 24 heavy (non-hydrogen) atoms. The zero-order valence-electron chi connectivity index (χ0n) is 14.6. The average Bonchev–Trinajstić information content (AvgIpc) is 3.29. The molecule has 0 aliphatic carbocycles. The van der Waals surface area contributed by atoms with E-state index in [0.717, 1.165) is 38.9 Å². The largest absolute Gasteiger partial charge is 0.369 e.